The summed E-state index contributed by atoms with van der Waals surface area (Å²) >= 11 is 0. The van der Waals surface area contributed by atoms with E-state index in [-0.39, 0.29) is 5.54 Å². The molecule has 0 saturated carbocycles. The van der Waals surface area contributed by atoms with Crippen LogP contribution in [0.2, 0.25) is 0 Å². The molecule has 1 aliphatic heterocycles. The van der Waals surface area contributed by atoms with Crippen LogP contribution in [0.5, 0.6) is 0 Å². The predicted molar refractivity (Wildman–Crippen MR) is 88.9 cm³/mol. The first-order valence-electron chi connectivity index (χ1n) is 8.03. The Morgan fingerprint density at radius 2 is 1.57 bits per heavy atom. The third-order valence-corrected chi connectivity index (χ3v) is 5.08. The monoisotopic (exact) mass is 277 g/mol. The zero-order valence-electron chi connectivity index (χ0n) is 13.1. The van der Waals surface area contributed by atoms with Gasteiger partial charge in [0.15, 0.2) is 0 Å². The molecule has 1 aliphatic carbocycles. The van der Waals surface area contributed by atoms with E-state index < -0.39 is 0 Å². The average Bonchev–Trinajstić information content (AvgIpc) is 2.82. The number of hydrogen-bond donors (Lipinski definition) is 0. The van der Waals surface area contributed by atoms with Gasteiger partial charge in [-0.3, -0.25) is 0 Å². The predicted octanol–water partition coefficient (Wildman–Crippen LogP) is 5.08. The molecular formula is C20H23N. The Morgan fingerprint density at radius 3 is 2.33 bits per heavy atom. The maximum atomic E-state index is 2.66. The molecule has 0 spiro atoms. The van der Waals surface area contributed by atoms with E-state index >= 15 is 0 Å². The highest BCUT2D eigenvalue weighted by Gasteiger charge is 2.45. The fourth-order valence-electron chi connectivity index (χ4n) is 4.33. The fourth-order valence-corrected chi connectivity index (χ4v) is 4.33. The van der Waals surface area contributed by atoms with E-state index in [4.69, 9.17) is 0 Å². The maximum absolute atomic E-state index is 2.66. The van der Waals surface area contributed by atoms with Crippen molar-refractivity contribution in [3.05, 3.63) is 65.2 Å². The van der Waals surface area contributed by atoms with Gasteiger partial charge in [-0.15, -0.1) is 0 Å². The highest BCUT2D eigenvalue weighted by molar-refractivity contribution is 5.66. The van der Waals surface area contributed by atoms with Gasteiger partial charge in [-0.25, -0.2) is 0 Å². The number of rotatable bonds is 0. The lowest BCUT2D eigenvalue weighted by atomic mass is 9.78. The van der Waals surface area contributed by atoms with Crippen molar-refractivity contribution in [3.63, 3.8) is 0 Å². The quantitative estimate of drug-likeness (QED) is 0.649. The average molecular weight is 277 g/mol. The van der Waals surface area contributed by atoms with Crippen LogP contribution in [-0.4, -0.2) is 5.54 Å². The molecule has 0 radical (unpaired) electrons. The summed E-state index contributed by atoms with van der Waals surface area (Å²) in [7, 11) is 0. The van der Waals surface area contributed by atoms with Crippen LogP contribution in [0.3, 0.4) is 0 Å². The highest BCUT2D eigenvalue weighted by atomic mass is 15.2. The second kappa shape index (κ2) is 4.37. The number of para-hydroxylation sites is 1. The molecule has 2 aromatic carbocycles. The molecule has 2 aliphatic rings. The summed E-state index contributed by atoms with van der Waals surface area (Å²) in [6, 6.07) is 18.6. The van der Waals surface area contributed by atoms with Crippen molar-refractivity contribution in [2.45, 2.75) is 51.1 Å². The number of hydrogen-bond acceptors (Lipinski definition) is 1. The minimum Gasteiger partial charge on any atom is -0.359 e. The Labute approximate surface area is 127 Å². The lowest BCUT2D eigenvalue weighted by Gasteiger charge is -2.43. The van der Waals surface area contributed by atoms with Crippen molar-refractivity contribution >= 4 is 5.69 Å². The molecule has 0 amide bonds. The number of fused-ring (bicyclic) bond motifs is 5. The molecule has 1 heterocycles. The first kappa shape index (κ1) is 12.9. The molecule has 1 heteroatoms. The second-order valence-corrected chi connectivity index (χ2v) is 7.39. The van der Waals surface area contributed by atoms with Crippen LogP contribution < -0.4 is 4.90 Å². The van der Waals surface area contributed by atoms with Gasteiger partial charge in [-0.2, -0.15) is 0 Å². The Balaban J connectivity index is 1.94. The molecule has 0 N–H and O–H groups in total. The smallest absolute Gasteiger partial charge is 0.0620 e. The normalized spacial score (nSPS) is 23.5. The Hall–Kier alpha value is -1.76. The third-order valence-electron chi connectivity index (χ3n) is 5.08. The molecule has 0 aromatic heterocycles. The van der Waals surface area contributed by atoms with Gasteiger partial charge in [-0.1, -0.05) is 42.5 Å². The molecule has 0 saturated heterocycles. The van der Waals surface area contributed by atoms with E-state index in [1.54, 1.807) is 16.7 Å². The highest BCUT2D eigenvalue weighted by Crippen LogP contribution is 2.56. The van der Waals surface area contributed by atoms with Gasteiger partial charge >= 0.3 is 0 Å². The summed E-state index contributed by atoms with van der Waals surface area (Å²) in [5, 5.41) is 0. The summed E-state index contributed by atoms with van der Waals surface area (Å²) in [4.78, 5) is 2.66. The molecule has 2 atom stereocenters. The van der Waals surface area contributed by atoms with E-state index in [0.29, 0.717) is 12.0 Å². The first-order valence-corrected chi connectivity index (χ1v) is 8.03. The van der Waals surface area contributed by atoms with Crippen LogP contribution in [0.1, 0.15) is 55.8 Å². The maximum Gasteiger partial charge on any atom is 0.0620 e. The Bertz CT molecular complexity index is 680. The lowest BCUT2D eigenvalue weighted by molar-refractivity contribution is 0.401. The lowest BCUT2D eigenvalue weighted by Crippen LogP contribution is -2.43. The Morgan fingerprint density at radius 1 is 0.905 bits per heavy atom. The Kier molecular flexibility index (Phi) is 2.69. The number of anilines is 1. The number of aryl methyl sites for hydroxylation is 1. The van der Waals surface area contributed by atoms with Crippen molar-refractivity contribution in [2.75, 3.05) is 4.90 Å². The van der Waals surface area contributed by atoms with Gasteiger partial charge in [0, 0.05) is 17.1 Å². The van der Waals surface area contributed by atoms with E-state index in [9.17, 15) is 0 Å². The topological polar surface area (TPSA) is 3.24 Å². The van der Waals surface area contributed by atoms with Crippen LogP contribution in [0.15, 0.2) is 48.5 Å². The van der Waals surface area contributed by atoms with E-state index in [2.05, 4.69) is 74.2 Å². The zero-order chi connectivity index (χ0) is 14.6. The first-order chi connectivity index (χ1) is 10.1. The van der Waals surface area contributed by atoms with Crippen molar-refractivity contribution in [3.8, 4) is 0 Å². The van der Waals surface area contributed by atoms with E-state index in [1.165, 1.54) is 18.5 Å². The van der Waals surface area contributed by atoms with Gasteiger partial charge in [0.25, 0.3) is 0 Å². The second-order valence-electron chi connectivity index (χ2n) is 7.39. The fraction of sp³-hybridized carbons (Fsp3) is 0.400. The number of nitrogens with zero attached hydrogens (tertiary/aromatic N) is 1. The summed E-state index contributed by atoms with van der Waals surface area (Å²) in [5.74, 6) is 0.648. The molecule has 2 aromatic rings. The van der Waals surface area contributed by atoms with Crippen LogP contribution in [0, 0.1) is 0 Å². The van der Waals surface area contributed by atoms with Gasteiger partial charge < -0.3 is 4.90 Å². The van der Waals surface area contributed by atoms with Crippen molar-refractivity contribution in [1.82, 2.24) is 0 Å². The van der Waals surface area contributed by atoms with Crippen LogP contribution in [0.4, 0.5) is 5.69 Å². The number of benzene rings is 2. The standard InChI is InChI=1S/C20H23N/c1-20(2,3)21-18-11-7-6-10-16(18)17-13-12-14-8-4-5-9-15(14)19(17)21/h4-11,17,19H,12-13H2,1-3H3. The van der Waals surface area contributed by atoms with Gasteiger partial charge in [0.2, 0.25) is 0 Å². The van der Waals surface area contributed by atoms with Crippen molar-refractivity contribution < 1.29 is 0 Å². The molecule has 108 valence electrons. The van der Waals surface area contributed by atoms with Gasteiger partial charge in [0.05, 0.1) is 6.04 Å². The van der Waals surface area contributed by atoms with Gasteiger partial charge in [-0.05, 0) is 56.4 Å². The molecule has 0 fully saturated rings. The van der Waals surface area contributed by atoms with Crippen molar-refractivity contribution in [1.29, 1.82) is 0 Å². The molecule has 4 rings (SSSR count). The molecule has 0 bridgehead atoms. The SMILES string of the molecule is CC(C)(C)N1c2ccccc2C2CCc3ccccc3C21. The van der Waals surface area contributed by atoms with Crippen LogP contribution in [0.25, 0.3) is 0 Å². The third kappa shape index (κ3) is 1.83. The summed E-state index contributed by atoms with van der Waals surface area (Å²) < 4.78 is 0. The van der Waals surface area contributed by atoms with Gasteiger partial charge in [0.1, 0.15) is 0 Å². The summed E-state index contributed by atoms with van der Waals surface area (Å²) in [6.45, 7) is 7.01. The van der Waals surface area contributed by atoms with E-state index in [1.807, 2.05) is 0 Å². The summed E-state index contributed by atoms with van der Waals surface area (Å²) in [6.07, 6.45) is 2.48. The minimum absolute atomic E-state index is 0.139. The largest absolute Gasteiger partial charge is 0.359 e. The summed E-state index contributed by atoms with van der Waals surface area (Å²) in [5.41, 5.74) is 6.21. The molecular weight excluding hydrogens is 254 g/mol. The van der Waals surface area contributed by atoms with Crippen molar-refractivity contribution in [2.24, 2.45) is 0 Å². The molecule has 1 nitrogen and oxygen atoms in total. The molecule has 2 unspecified atom stereocenters. The van der Waals surface area contributed by atoms with Crippen LogP contribution >= 0.6 is 0 Å². The zero-order valence-corrected chi connectivity index (χ0v) is 13.1. The molecule has 21 heavy (non-hydrogen) atoms. The van der Waals surface area contributed by atoms with Crippen LogP contribution in [-0.2, 0) is 6.42 Å². The minimum atomic E-state index is 0.139. The van der Waals surface area contributed by atoms with E-state index in [0.717, 1.165) is 0 Å².